The van der Waals surface area contributed by atoms with Crippen molar-refractivity contribution in [1.82, 2.24) is 0 Å². The van der Waals surface area contributed by atoms with Crippen LogP contribution in [0.1, 0.15) is 181 Å². The van der Waals surface area contributed by atoms with E-state index in [4.69, 9.17) is 24.3 Å². The van der Waals surface area contributed by atoms with Gasteiger partial charge in [-0.1, -0.05) is 176 Å². The summed E-state index contributed by atoms with van der Waals surface area (Å²) in [5.41, 5.74) is 5.35. The number of rotatable bonds is 42. The molecular formula is C49H84NO8P. The first-order valence-corrected chi connectivity index (χ1v) is 24.6. The number of esters is 2. The second-order valence-corrected chi connectivity index (χ2v) is 16.3. The van der Waals surface area contributed by atoms with Gasteiger partial charge in [-0.15, -0.1) is 0 Å². The lowest BCUT2D eigenvalue weighted by atomic mass is 10.1. The third-order valence-corrected chi connectivity index (χ3v) is 10.3. The van der Waals surface area contributed by atoms with Gasteiger partial charge < -0.3 is 20.1 Å². The predicted molar refractivity (Wildman–Crippen MR) is 247 cm³/mol. The Hall–Kier alpha value is -2.81. The number of ether oxygens (including phenoxy) is 2. The van der Waals surface area contributed by atoms with Gasteiger partial charge in [0.2, 0.25) is 0 Å². The summed E-state index contributed by atoms with van der Waals surface area (Å²) >= 11 is 0. The maximum Gasteiger partial charge on any atom is 0.472 e. The van der Waals surface area contributed by atoms with Gasteiger partial charge in [-0.05, 0) is 77.0 Å². The molecule has 3 N–H and O–H groups in total. The average molecular weight is 846 g/mol. The van der Waals surface area contributed by atoms with Crippen molar-refractivity contribution in [2.24, 2.45) is 5.73 Å². The van der Waals surface area contributed by atoms with Crippen LogP contribution in [0.5, 0.6) is 0 Å². The quantitative estimate of drug-likeness (QED) is 0.0266. The van der Waals surface area contributed by atoms with Crippen LogP contribution in [-0.4, -0.2) is 49.3 Å². The third-order valence-electron chi connectivity index (χ3n) is 9.28. The topological polar surface area (TPSA) is 134 Å². The summed E-state index contributed by atoms with van der Waals surface area (Å²) in [5, 5.41) is 0. The minimum Gasteiger partial charge on any atom is -0.462 e. The Morgan fingerprint density at radius 1 is 0.525 bits per heavy atom. The molecule has 0 aliphatic carbocycles. The van der Waals surface area contributed by atoms with Crippen LogP contribution >= 0.6 is 7.82 Å². The number of nitrogens with two attached hydrogens (primary N) is 1. The standard InChI is InChI=1S/C49H84NO8P/c1-3-5-7-9-11-13-15-17-19-21-23-25-27-29-31-33-35-37-39-41-48(51)55-45-47(46-57-59(53,54)56-44-43-50)58-49(52)42-40-38-36-34-32-30-28-26-24-22-20-18-16-14-12-10-8-6-4-2/h6,8,12,14,17-20,24,26,30,32,36,38,47H,3-5,7,9-11,13,15-16,21-23,25,27-29,31,33-35,37,39-46,50H2,1-2H3,(H,53,54)/b8-6-,14-12-,19-17-,20-18-,26-24-,32-30-,38-36-/t47-/m1/s1. The molecule has 0 aliphatic rings. The van der Waals surface area contributed by atoms with E-state index in [-0.39, 0.29) is 32.6 Å². The molecule has 0 saturated carbocycles. The number of phosphoric acid groups is 1. The van der Waals surface area contributed by atoms with Crippen LogP contribution in [0.4, 0.5) is 0 Å². The largest absolute Gasteiger partial charge is 0.472 e. The number of phosphoric ester groups is 1. The summed E-state index contributed by atoms with van der Waals surface area (Å²) < 4.78 is 32.7. The number of unbranched alkanes of at least 4 members (excludes halogenated alkanes) is 15. The van der Waals surface area contributed by atoms with E-state index in [9.17, 15) is 19.0 Å². The first-order chi connectivity index (χ1) is 28.8. The summed E-state index contributed by atoms with van der Waals surface area (Å²) in [7, 11) is -4.40. The fourth-order valence-electron chi connectivity index (χ4n) is 5.89. The lowest BCUT2D eigenvalue weighted by Crippen LogP contribution is -2.29. The molecule has 0 amide bonds. The van der Waals surface area contributed by atoms with Crippen LogP contribution in [0.2, 0.25) is 0 Å². The van der Waals surface area contributed by atoms with Crippen molar-refractivity contribution in [2.45, 2.75) is 187 Å². The van der Waals surface area contributed by atoms with Gasteiger partial charge >= 0.3 is 19.8 Å². The predicted octanol–water partition coefficient (Wildman–Crippen LogP) is 13.6. The molecule has 0 spiro atoms. The van der Waals surface area contributed by atoms with Crippen molar-refractivity contribution in [3.8, 4) is 0 Å². The van der Waals surface area contributed by atoms with E-state index in [1.165, 1.54) is 83.5 Å². The van der Waals surface area contributed by atoms with E-state index in [1.54, 1.807) is 0 Å². The van der Waals surface area contributed by atoms with Crippen LogP contribution in [0.3, 0.4) is 0 Å². The first kappa shape index (κ1) is 56.2. The average Bonchev–Trinajstić information content (AvgIpc) is 3.22. The minimum atomic E-state index is -4.40. The Morgan fingerprint density at radius 3 is 1.46 bits per heavy atom. The van der Waals surface area contributed by atoms with E-state index in [0.717, 1.165) is 64.2 Å². The smallest absolute Gasteiger partial charge is 0.462 e. The number of hydrogen-bond acceptors (Lipinski definition) is 8. The van der Waals surface area contributed by atoms with Crippen molar-refractivity contribution >= 4 is 19.8 Å². The summed E-state index contributed by atoms with van der Waals surface area (Å²) in [4.78, 5) is 34.9. The molecule has 0 heterocycles. The van der Waals surface area contributed by atoms with Crippen LogP contribution in [0, 0.1) is 0 Å². The van der Waals surface area contributed by atoms with E-state index >= 15 is 0 Å². The lowest BCUT2D eigenvalue weighted by molar-refractivity contribution is -0.161. The second-order valence-electron chi connectivity index (χ2n) is 14.9. The molecule has 9 nitrogen and oxygen atoms in total. The van der Waals surface area contributed by atoms with Gasteiger partial charge in [-0.2, -0.15) is 0 Å². The highest BCUT2D eigenvalue weighted by atomic mass is 31.2. The van der Waals surface area contributed by atoms with Crippen LogP contribution in [0.15, 0.2) is 85.1 Å². The summed E-state index contributed by atoms with van der Waals surface area (Å²) in [6.07, 6.45) is 56.3. The zero-order valence-electron chi connectivity index (χ0n) is 37.2. The molecule has 0 aliphatic heterocycles. The van der Waals surface area contributed by atoms with Crippen molar-refractivity contribution in [1.29, 1.82) is 0 Å². The van der Waals surface area contributed by atoms with Crippen molar-refractivity contribution < 1.29 is 37.6 Å². The molecule has 0 aromatic heterocycles. The maximum atomic E-state index is 12.6. The molecule has 338 valence electrons. The Bertz CT molecular complexity index is 1240. The van der Waals surface area contributed by atoms with E-state index in [1.807, 2.05) is 12.2 Å². The van der Waals surface area contributed by atoms with E-state index in [2.05, 4.69) is 86.8 Å². The zero-order chi connectivity index (χ0) is 43.2. The van der Waals surface area contributed by atoms with Crippen LogP contribution < -0.4 is 5.73 Å². The Kier molecular flexibility index (Phi) is 42.6. The van der Waals surface area contributed by atoms with Crippen LogP contribution in [0.25, 0.3) is 0 Å². The van der Waals surface area contributed by atoms with Gasteiger partial charge in [0.25, 0.3) is 0 Å². The van der Waals surface area contributed by atoms with Crippen molar-refractivity contribution in [2.75, 3.05) is 26.4 Å². The minimum absolute atomic E-state index is 0.0377. The van der Waals surface area contributed by atoms with Gasteiger partial charge in [0.15, 0.2) is 6.10 Å². The van der Waals surface area contributed by atoms with Gasteiger partial charge in [-0.25, -0.2) is 4.57 Å². The molecule has 2 atom stereocenters. The van der Waals surface area contributed by atoms with Crippen LogP contribution in [-0.2, 0) is 32.7 Å². The molecule has 0 saturated heterocycles. The molecule has 10 heteroatoms. The monoisotopic (exact) mass is 846 g/mol. The normalized spacial score (nSPS) is 14.0. The highest BCUT2D eigenvalue weighted by molar-refractivity contribution is 7.47. The number of carbonyl (C=O) groups excluding carboxylic acids is 2. The summed E-state index contributed by atoms with van der Waals surface area (Å²) in [5.74, 6) is -0.933. The molecule has 0 fully saturated rings. The highest BCUT2D eigenvalue weighted by Crippen LogP contribution is 2.43. The summed E-state index contributed by atoms with van der Waals surface area (Å²) in [6, 6.07) is 0. The number of hydrogen-bond donors (Lipinski definition) is 2. The SMILES string of the molecule is CC/C=C\C/C=C\C/C=C\C/C=C\C/C=C\C/C=C\CCC(=O)O[C@H](COC(=O)CCCCCCCCCCC/C=C\CCCCCCCC)COP(=O)(O)OCCN. The molecule has 0 aromatic carbocycles. The molecule has 0 rings (SSSR count). The Morgan fingerprint density at radius 2 is 0.966 bits per heavy atom. The van der Waals surface area contributed by atoms with Gasteiger partial charge in [-0.3, -0.25) is 18.6 Å². The van der Waals surface area contributed by atoms with Gasteiger partial charge in [0, 0.05) is 19.4 Å². The fourth-order valence-corrected chi connectivity index (χ4v) is 6.65. The van der Waals surface area contributed by atoms with E-state index in [0.29, 0.717) is 6.42 Å². The molecule has 0 bridgehead atoms. The Labute approximate surface area is 360 Å². The third kappa shape index (κ3) is 44.6. The second kappa shape index (κ2) is 44.7. The first-order valence-electron chi connectivity index (χ1n) is 23.1. The molecular weight excluding hydrogens is 762 g/mol. The van der Waals surface area contributed by atoms with Gasteiger partial charge in [0.1, 0.15) is 6.61 Å². The molecule has 1 unspecified atom stereocenters. The number of allylic oxidation sites excluding steroid dienone is 14. The zero-order valence-corrected chi connectivity index (χ0v) is 38.1. The van der Waals surface area contributed by atoms with E-state index < -0.39 is 32.5 Å². The lowest BCUT2D eigenvalue weighted by Gasteiger charge is -2.19. The molecule has 0 radical (unpaired) electrons. The van der Waals surface area contributed by atoms with Crippen molar-refractivity contribution in [3.05, 3.63) is 85.1 Å². The molecule has 0 aromatic rings. The molecule has 59 heavy (non-hydrogen) atoms. The number of carbonyl (C=O) groups is 2. The highest BCUT2D eigenvalue weighted by Gasteiger charge is 2.25. The maximum absolute atomic E-state index is 12.6. The van der Waals surface area contributed by atoms with Gasteiger partial charge in [0.05, 0.1) is 13.2 Å². The van der Waals surface area contributed by atoms with Crippen molar-refractivity contribution in [3.63, 3.8) is 0 Å². The summed E-state index contributed by atoms with van der Waals surface area (Å²) in [6.45, 7) is 3.52. The Balaban J connectivity index is 4.24. The fraction of sp³-hybridized carbons (Fsp3) is 0.673.